The second-order valence-electron chi connectivity index (χ2n) is 5.91. The largest absolute Gasteiger partial charge is 0.478 e. The summed E-state index contributed by atoms with van der Waals surface area (Å²) in [7, 11) is 0. The number of nitrogens with one attached hydrogen (secondary N) is 1. The first-order valence-electron chi connectivity index (χ1n) is 7.43. The van der Waals surface area contributed by atoms with E-state index in [1.807, 2.05) is 0 Å². The van der Waals surface area contributed by atoms with Crippen LogP contribution in [-0.2, 0) is 16.0 Å². The van der Waals surface area contributed by atoms with E-state index in [0.717, 1.165) is 5.56 Å². The molecule has 0 bridgehead atoms. The number of halogens is 2. The van der Waals surface area contributed by atoms with Crippen molar-refractivity contribution in [3.05, 3.63) is 58.1 Å². The number of carboxylic acid groups (broad SMARTS) is 1. The van der Waals surface area contributed by atoms with Crippen molar-refractivity contribution >= 4 is 40.8 Å². The maximum Gasteiger partial charge on any atom is 0.347 e. The molecule has 7 heteroatoms. The number of aliphatic carboxylic acids is 1. The lowest BCUT2D eigenvalue weighted by Crippen LogP contribution is -2.37. The number of carbonyl (C=O) groups excluding carboxylic acids is 1. The molecule has 25 heavy (non-hydrogen) atoms. The minimum atomic E-state index is -1.33. The number of benzene rings is 2. The van der Waals surface area contributed by atoms with Gasteiger partial charge in [-0.3, -0.25) is 4.79 Å². The zero-order valence-corrected chi connectivity index (χ0v) is 15.2. The van der Waals surface area contributed by atoms with E-state index in [4.69, 9.17) is 33.0 Å². The molecule has 2 N–H and O–H groups in total. The zero-order chi connectivity index (χ0) is 18.6. The second kappa shape index (κ2) is 7.76. The van der Waals surface area contributed by atoms with Gasteiger partial charge in [0.25, 0.3) is 0 Å². The Hall–Kier alpha value is -2.24. The number of hydrogen-bond donors (Lipinski definition) is 2. The molecule has 0 fully saturated rings. The van der Waals surface area contributed by atoms with Crippen molar-refractivity contribution < 1.29 is 19.4 Å². The van der Waals surface area contributed by atoms with E-state index in [0.29, 0.717) is 21.5 Å². The minimum Gasteiger partial charge on any atom is -0.478 e. The van der Waals surface area contributed by atoms with Crippen LogP contribution in [0.15, 0.2) is 42.5 Å². The van der Waals surface area contributed by atoms with Crippen LogP contribution in [0.25, 0.3) is 0 Å². The van der Waals surface area contributed by atoms with Crippen molar-refractivity contribution in [1.82, 2.24) is 0 Å². The molecule has 0 heterocycles. The summed E-state index contributed by atoms with van der Waals surface area (Å²) in [4.78, 5) is 23.2. The molecule has 2 aromatic rings. The quantitative estimate of drug-likeness (QED) is 0.776. The van der Waals surface area contributed by atoms with E-state index in [9.17, 15) is 9.59 Å². The third-order valence-electron chi connectivity index (χ3n) is 3.38. The minimum absolute atomic E-state index is 0.130. The van der Waals surface area contributed by atoms with E-state index >= 15 is 0 Å². The predicted octanol–water partition coefficient (Wildman–Crippen LogP) is 4.42. The Balaban J connectivity index is 2.00. The molecule has 1 amide bonds. The molecular weight excluding hydrogens is 365 g/mol. The first-order chi connectivity index (χ1) is 11.7. The lowest BCUT2D eigenvalue weighted by atomic mass is 10.1. The molecule has 0 aromatic heterocycles. The van der Waals surface area contributed by atoms with E-state index in [2.05, 4.69) is 5.32 Å². The zero-order valence-electron chi connectivity index (χ0n) is 13.7. The summed E-state index contributed by atoms with van der Waals surface area (Å²) in [5.74, 6) is -0.896. The predicted molar refractivity (Wildman–Crippen MR) is 97.6 cm³/mol. The topological polar surface area (TPSA) is 75.6 Å². The van der Waals surface area contributed by atoms with Crippen molar-refractivity contribution in [2.75, 3.05) is 5.32 Å². The van der Waals surface area contributed by atoms with Gasteiger partial charge in [-0.05, 0) is 49.7 Å². The van der Waals surface area contributed by atoms with E-state index < -0.39 is 11.6 Å². The van der Waals surface area contributed by atoms with Gasteiger partial charge >= 0.3 is 5.97 Å². The highest BCUT2D eigenvalue weighted by atomic mass is 35.5. The number of ether oxygens (including phenoxy) is 1. The average molecular weight is 382 g/mol. The second-order valence-corrected chi connectivity index (χ2v) is 6.75. The summed E-state index contributed by atoms with van der Waals surface area (Å²) in [5, 5.41) is 12.6. The standard InChI is InChI=1S/C18H17Cl2NO4/c1-18(2,17(23)24)25-13-6-3-11(4-7-13)9-16(22)21-15-10-12(19)5-8-14(15)20/h3-8,10H,9H2,1-2H3,(H,21,22)(H,23,24). The highest BCUT2D eigenvalue weighted by Gasteiger charge is 2.29. The van der Waals surface area contributed by atoms with Gasteiger partial charge in [-0.25, -0.2) is 4.79 Å². The summed E-state index contributed by atoms with van der Waals surface area (Å²) in [6.07, 6.45) is 0.130. The van der Waals surface area contributed by atoms with E-state index in [-0.39, 0.29) is 12.3 Å². The van der Waals surface area contributed by atoms with Crippen LogP contribution in [0, 0.1) is 0 Å². The molecule has 0 radical (unpaired) electrons. The van der Waals surface area contributed by atoms with E-state index in [1.165, 1.54) is 13.8 Å². The number of hydrogen-bond acceptors (Lipinski definition) is 3. The Kier molecular flexibility index (Phi) is 5.93. The van der Waals surface area contributed by atoms with Crippen LogP contribution in [0.2, 0.25) is 10.0 Å². The van der Waals surface area contributed by atoms with Crippen LogP contribution in [-0.4, -0.2) is 22.6 Å². The van der Waals surface area contributed by atoms with Gasteiger partial charge in [-0.1, -0.05) is 35.3 Å². The summed E-state index contributed by atoms with van der Waals surface area (Å²) >= 11 is 11.9. The van der Waals surface area contributed by atoms with Crippen molar-refractivity contribution in [1.29, 1.82) is 0 Å². The Morgan fingerprint density at radius 2 is 1.76 bits per heavy atom. The molecule has 2 aromatic carbocycles. The molecule has 0 atom stereocenters. The number of amides is 1. The fourth-order valence-corrected chi connectivity index (χ4v) is 2.32. The Morgan fingerprint density at radius 3 is 2.36 bits per heavy atom. The Labute approximate surface area is 155 Å². The Morgan fingerprint density at radius 1 is 1.12 bits per heavy atom. The molecular formula is C18H17Cl2NO4. The van der Waals surface area contributed by atoms with Crippen LogP contribution in [0.5, 0.6) is 5.75 Å². The van der Waals surface area contributed by atoms with Crippen LogP contribution < -0.4 is 10.1 Å². The highest BCUT2D eigenvalue weighted by Crippen LogP contribution is 2.25. The van der Waals surface area contributed by atoms with Gasteiger partial charge in [-0.2, -0.15) is 0 Å². The third kappa shape index (κ3) is 5.37. The maximum atomic E-state index is 12.1. The molecule has 0 aliphatic rings. The summed E-state index contributed by atoms with van der Waals surface area (Å²) < 4.78 is 5.42. The molecule has 0 aliphatic heterocycles. The number of anilines is 1. The van der Waals surface area contributed by atoms with Gasteiger partial charge in [0.05, 0.1) is 17.1 Å². The van der Waals surface area contributed by atoms with Gasteiger partial charge < -0.3 is 15.2 Å². The first-order valence-corrected chi connectivity index (χ1v) is 8.19. The van der Waals surface area contributed by atoms with Crippen molar-refractivity contribution in [2.45, 2.75) is 25.9 Å². The van der Waals surface area contributed by atoms with E-state index in [1.54, 1.807) is 42.5 Å². The molecule has 0 aliphatic carbocycles. The SMILES string of the molecule is CC(C)(Oc1ccc(CC(=O)Nc2cc(Cl)ccc2Cl)cc1)C(=O)O. The summed E-state index contributed by atoms with van der Waals surface area (Å²) in [5.41, 5.74) is -0.138. The van der Waals surface area contributed by atoms with Gasteiger partial charge in [0, 0.05) is 5.02 Å². The summed E-state index contributed by atoms with van der Waals surface area (Å²) in [6.45, 7) is 2.93. The molecule has 0 unspecified atom stereocenters. The number of carbonyl (C=O) groups is 2. The molecule has 0 saturated heterocycles. The Bertz CT molecular complexity index is 788. The number of rotatable bonds is 6. The normalized spacial score (nSPS) is 11.0. The van der Waals surface area contributed by atoms with Crippen molar-refractivity contribution in [3.63, 3.8) is 0 Å². The molecule has 5 nitrogen and oxygen atoms in total. The van der Waals surface area contributed by atoms with Crippen LogP contribution in [0.3, 0.4) is 0 Å². The first kappa shape index (κ1) is 19.1. The van der Waals surface area contributed by atoms with Gasteiger partial charge in [0.2, 0.25) is 5.91 Å². The van der Waals surface area contributed by atoms with Crippen LogP contribution in [0.1, 0.15) is 19.4 Å². The lowest BCUT2D eigenvalue weighted by Gasteiger charge is -2.21. The molecule has 2 rings (SSSR count). The fourth-order valence-electron chi connectivity index (χ4n) is 1.99. The average Bonchev–Trinajstić information content (AvgIpc) is 2.52. The van der Waals surface area contributed by atoms with Crippen LogP contribution >= 0.6 is 23.2 Å². The third-order valence-corrected chi connectivity index (χ3v) is 3.94. The maximum absolute atomic E-state index is 12.1. The fraction of sp³-hybridized carbons (Fsp3) is 0.222. The van der Waals surface area contributed by atoms with Gasteiger partial charge in [0.15, 0.2) is 5.60 Å². The van der Waals surface area contributed by atoms with Gasteiger partial charge in [-0.15, -0.1) is 0 Å². The summed E-state index contributed by atoms with van der Waals surface area (Å²) in [6, 6.07) is 11.5. The van der Waals surface area contributed by atoms with Gasteiger partial charge in [0.1, 0.15) is 5.75 Å². The molecule has 0 saturated carbocycles. The molecule has 132 valence electrons. The molecule has 0 spiro atoms. The van der Waals surface area contributed by atoms with Crippen molar-refractivity contribution in [2.24, 2.45) is 0 Å². The smallest absolute Gasteiger partial charge is 0.347 e. The number of carboxylic acids is 1. The van der Waals surface area contributed by atoms with Crippen molar-refractivity contribution in [3.8, 4) is 5.75 Å². The lowest BCUT2D eigenvalue weighted by molar-refractivity contribution is -0.152. The monoisotopic (exact) mass is 381 g/mol. The highest BCUT2D eigenvalue weighted by molar-refractivity contribution is 6.35. The van der Waals surface area contributed by atoms with Crippen LogP contribution in [0.4, 0.5) is 5.69 Å².